The van der Waals surface area contributed by atoms with Crippen LogP contribution in [0.4, 0.5) is 0 Å². The minimum atomic E-state index is -1.08. The Balaban J connectivity index is 1.92. The van der Waals surface area contributed by atoms with Gasteiger partial charge in [-0.25, -0.2) is 0 Å². The van der Waals surface area contributed by atoms with Crippen molar-refractivity contribution in [2.75, 3.05) is 0 Å². The first-order valence-corrected chi connectivity index (χ1v) is 6.25. The maximum Gasteiger partial charge on any atom is 0.310 e. The molecular weight excluding hydrogens is 248 g/mol. The van der Waals surface area contributed by atoms with Crippen molar-refractivity contribution in [1.82, 2.24) is 0 Å². The van der Waals surface area contributed by atoms with Crippen molar-refractivity contribution < 1.29 is 24.5 Å². The molecule has 19 heavy (non-hydrogen) atoms. The van der Waals surface area contributed by atoms with Crippen molar-refractivity contribution in [3.63, 3.8) is 0 Å². The van der Waals surface area contributed by atoms with E-state index in [0.717, 1.165) is 5.56 Å². The summed E-state index contributed by atoms with van der Waals surface area (Å²) in [5.41, 5.74) is 1.02. The molecule has 0 amide bonds. The van der Waals surface area contributed by atoms with Crippen LogP contribution in [0.15, 0.2) is 30.3 Å². The van der Waals surface area contributed by atoms with E-state index in [1.807, 2.05) is 30.3 Å². The molecule has 0 spiro atoms. The van der Waals surface area contributed by atoms with Gasteiger partial charge in [0.1, 0.15) is 0 Å². The van der Waals surface area contributed by atoms with Crippen LogP contribution in [0.2, 0.25) is 0 Å². The summed E-state index contributed by atoms with van der Waals surface area (Å²) in [6.45, 7) is 0. The van der Waals surface area contributed by atoms with Gasteiger partial charge in [-0.15, -0.1) is 0 Å². The number of benzene rings is 1. The van der Waals surface area contributed by atoms with Gasteiger partial charge < -0.3 is 14.9 Å². The number of rotatable bonds is 3. The largest absolute Gasteiger partial charge is 0.481 e. The number of hydrogen-bond donors (Lipinski definition) is 2. The van der Waals surface area contributed by atoms with Gasteiger partial charge in [0.15, 0.2) is 0 Å². The summed E-state index contributed by atoms with van der Waals surface area (Å²) >= 11 is 0. The molecular formula is C14H14O5. The Labute approximate surface area is 109 Å². The first-order valence-electron chi connectivity index (χ1n) is 6.25. The lowest BCUT2D eigenvalue weighted by Crippen LogP contribution is -2.41. The molecule has 1 aromatic carbocycles. The molecule has 5 heteroatoms. The molecule has 3 rings (SSSR count). The molecule has 2 bridgehead atoms. The van der Waals surface area contributed by atoms with Crippen LogP contribution in [0.1, 0.15) is 17.9 Å². The molecule has 5 nitrogen and oxygen atoms in total. The third-order valence-electron chi connectivity index (χ3n) is 4.15. The van der Waals surface area contributed by atoms with Crippen LogP contribution in [0.25, 0.3) is 0 Å². The highest BCUT2D eigenvalue weighted by Gasteiger charge is 2.60. The van der Waals surface area contributed by atoms with E-state index in [2.05, 4.69) is 0 Å². The van der Waals surface area contributed by atoms with Crippen molar-refractivity contribution in [2.24, 2.45) is 11.8 Å². The zero-order valence-electron chi connectivity index (χ0n) is 10.1. The fraction of sp³-hybridized carbons (Fsp3) is 0.429. The molecule has 2 fully saturated rings. The second-order valence-electron chi connectivity index (χ2n) is 5.12. The van der Waals surface area contributed by atoms with Crippen LogP contribution >= 0.6 is 0 Å². The molecule has 100 valence electrons. The monoisotopic (exact) mass is 262 g/mol. The highest BCUT2D eigenvalue weighted by Crippen LogP contribution is 2.50. The Bertz CT molecular complexity index is 512. The SMILES string of the molecule is O=C(O)[C@H]1[C@@H]2O[C@@H](C[C@H]2c2ccccc2)[C@H]1C(=O)O. The lowest BCUT2D eigenvalue weighted by Gasteiger charge is -2.28. The summed E-state index contributed by atoms with van der Waals surface area (Å²) in [6.07, 6.45) is -0.449. The van der Waals surface area contributed by atoms with E-state index in [0.29, 0.717) is 6.42 Å². The van der Waals surface area contributed by atoms with Crippen LogP contribution in [0.5, 0.6) is 0 Å². The van der Waals surface area contributed by atoms with E-state index >= 15 is 0 Å². The van der Waals surface area contributed by atoms with E-state index in [4.69, 9.17) is 9.84 Å². The summed E-state index contributed by atoms with van der Waals surface area (Å²) in [4.78, 5) is 22.5. The van der Waals surface area contributed by atoms with Gasteiger partial charge in [-0.1, -0.05) is 30.3 Å². The Hall–Kier alpha value is -1.88. The third-order valence-corrected chi connectivity index (χ3v) is 4.15. The average molecular weight is 262 g/mol. The number of hydrogen-bond acceptors (Lipinski definition) is 3. The van der Waals surface area contributed by atoms with Crippen LogP contribution in [0, 0.1) is 11.8 Å². The second-order valence-corrected chi connectivity index (χ2v) is 5.12. The van der Waals surface area contributed by atoms with Crippen LogP contribution in [-0.4, -0.2) is 34.4 Å². The van der Waals surface area contributed by atoms with Gasteiger partial charge in [-0.05, 0) is 12.0 Å². The number of aliphatic carboxylic acids is 2. The Morgan fingerprint density at radius 1 is 1.05 bits per heavy atom. The lowest BCUT2D eigenvalue weighted by atomic mass is 9.72. The fourth-order valence-electron chi connectivity index (χ4n) is 3.37. The first-order chi connectivity index (χ1) is 9.09. The van der Waals surface area contributed by atoms with E-state index in [-0.39, 0.29) is 5.92 Å². The van der Waals surface area contributed by atoms with Crippen LogP contribution in [0.3, 0.4) is 0 Å². The number of carboxylic acids is 2. The average Bonchev–Trinajstić information content (AvgIpc) is 2.96. The molecule has 0 aromatic heterocycles. The van der Waals surface area contributed by atoms with Gasteiger partial charge in [0, 0.05) is 5.92 Å². The maximum atomic E-state index is 11.3. The molecule has 2 aliphatic heterocycles. The normalized spacial score (nSPS) is 36.3. The molecule has 0 saturated carbocycles. The zero-order chi connectivity index (χ0) is 13.6. The van der Waals surface area contributed by atoms with Gasteiger partial charge in [0.05, 0.1) is 24.0 Å². The van der Waals surface area contributed by atoms with E-state index < -0.39 is 36.0 Å². The lowest BCUT2D eigenvalue weighted by molar-refractivity contribution is -0.154. The quantitative estimate of drug-likeness (QED) is 0.858. The molecule has 2 N–H and O–H groups in total. The third kappa shape index (κ3) is 1.81. The van der Waals surface area contributed by atoms with Crippen molar-refractivity contribution in [1.29, 1.82) is 0 Å². The van der Waals surface area contributed by atoms with Gasteiger partial charge >= 0.3 is 11.9 Å². The second kappa shape index (κ2) is 4.35. The summed E-state index contributed by atoms with van der Waals surface area (Å²) < 4.78 is 5.63. The van der Waals surface area contributed by atoms with Crippen molar-refractivity contribution >= 4 is 11.9 Å². The van der Waals surface area contributed by atoms with E-state index in [1.165, 1.54) is 0 Å². The molecule has 0 aliphatic carbocycles. The molecule has 2 aliphatic rings. The predicted molar refractivity (Wildman–Crippen MR) is 64.7 cm³/mol. The number of carbonyl (C=O) groups is 2. The van der Waals surface area contributed by atoms with E-state index in [1.54, 1.807) is 0 Å². The molecule has 1 aromatic rings. The van der Waals surface area contributed by atoms with Crippen molar-refractivity contribution in [3.8, 4) is 0 Å². The zero-order valence-corrected chi connectivity index (χ0v) is 10.1. The highest BCUT2D eigenvalue weighted by atomic mass is 16.5. The summed E-state index contributed by atoms with van der Waals surface area (Å²) in [5.74, 6) is -4.07. The van der Waals surface area contributed by atoms with Gasteiger partial charge in [-0.2, -0.15) is 0 Å². The highest BCUT2D eigenvalue weighted by molar-refractivity contribution is 5.82. The van der Waals surface area contributed by atoms with E-state index in [9.17, 15) is 14.7 Å². The fourth-order valence-corrected chi connectivity index (χ4v) is 3.37. The maximum absolute atomic E-state index is 11.3. The molecule has 5 atom stereocenters. The Kier molecular flexibility index (Phi) is 2.78. The van der Waals surface area contributed by atoms with Crippen molar-refractivity contribution in [3.05, 3.63) is 35.9 Å². The predicted octanol–water partition coefficient (Wildman–Crippen LogP) is 1.34. The molecule has 2 saturated heterocycles. The van der Waals surface area contributed by atoms with Crippen LogP contribution < -0.4 is 0 Å². The smallest absolute Gasteiger partial charge is 0.310 e. The Morgan fingerprint density at radius 3 is 2.26 bits per heavy atom. The van der Waals surface area contributed by atoms with Crippen LogP contribution in [-0.2, 0) is 14.3 Å². The summed E-state index contributed by atoms with van der Waals surface area (Å²) in [5, 5.41) is 18.4. The Morgan fingerprint density at radius 2 is 1.68 bits per heavy atom. The first kappa shape index (κ1) is 12.2. The molecule has 2 heterocycles. The number of carboxylic acid groups (broad SMARTS) is 2. The summed E-state index contributed by atoms with van der Waals surface area (Å²) in [6, 6.07) is 9.55. The van der Waals surface area contributed by atoms with Gasteiger partial charge in [0.2, 0.25) is 0 Å². The topological polar surface area (TPSA) is 83.8 Å². The minimum Gasteiger partial charge on any atom is -0.481 e. The summed E-state index contributed by atoms with van der Waals surface area (Å²) in [7, 11) is 0. The molecule has 0 radical (unpaired) electrons. The number of ether oxygens (including phenoxy) is 1. The standard InChI is InChI=1S/C14H14O5/c15-13(16)10-9-6-8(7-4-2-1-3-5-7)12(19-9)11(10)14(17)18/h1-5,8-12H,6H2,(H,15,16)(H,17,18)/t8-,9-,10+,11+,12+/m0/s1. The molecule has 0 unspecified atom stereocenters. The minimum absolute atomic E-state index is 0.0251. The van der Waals surface area contributed by atoms with Gasteiger partial charge in [0.25, 0.3) is 0 Å². The number of fused-ring (bicyclic) bond motifs is 2. The van der Waals surface area contributed by atoms with Gasteiger partial charge in [-0.3, -0.25) is 9.59 Å². The van der Waals surface area contributed by atoms with Crippen molar-refractivity contribution in [2.45, 2.75) is 24.5 Å².